The predicted octanol–water partition coefficient (Wildman–Crippen LogP) is 3.37. The molecule has 1 atom stereocenters. The number of carboxylic acids is 1. The first kappa shape index (κ1) is 17.7. The van der Waals surface area contributed by atoms with Crippen molar-refractivity contribution in [3.63, 3.8) is 0 Å². The SMILES string of the molecule is O=C(O)[C@H]1CCCN1S(=O)(=O)c1ccc(Oc2ccccc2Cl)cc1. The van der Waals surface area contributed by atoms with Gasteiger partial charge in [0.05, 0.1) is 9.92 Å². The molecule has 1 fully saturated rings. The average Bonchev–Trinajstić information content (AvgIpc) is 3.08. The zero-order chi connectivity index (χ0) is 18.0. The Morgan fingerprint density at radius 1 is 1.16 bits per heavy atom. The Kier molecular flexibility index (Phi) is 4.99. The van der Waals surface area contributed by atoms with Crippen molar-refractivity contribution in [3.8, 4) is 11.5 Å². The van der Waals surface area contributed by atoms with Crippen LogP contribution in [0, 0.1) is 0 Å². The van der Waals surface area contributed by atoms with Crippen LogP contribution in [0.2, 0.25) is 5.02 Å². The predicted molar refractivity (Wildman–Crippen MR) is 92.5 cm³/mol. The number of nitrogens with zero attached hydrogens (tertiary/aromatic N) is 1. The van der Waals surface area contributed by atoms with Crippen LogP contribution < -0.4 is 4.74 Å². The number of hydrogen-bond donors (Lipinski definition) is 1. The van der Waals surface area contributed by atoms with Crippen LogP contribution in [0.5, 0.6) is 11.5 Å². The fourth-order valence-corrected chi connectivity index (χ4v) is 4.57. The van der Waals surface area contributed by atoms with E-state index >= 15 is 0 Å². The van der Waals surface area contributed by atoms with E-state index < -0.39 is 22.0 Å². The van der Waals surface area contributed by atoms with Gasteiger partial charge >= 0.3 is 5.97 Å². The Morgan fingerprint density at radius 3 is 2.48 bits per heavy atom. The number of aliphatic carboxylic acids is 1. The summed E-state index contributed by atoms with van der Waals surface area (Å²) >= 11 is 6.03. The number of carbonyl (C=O) groups is 1. The number of sulfonamides is 1. The Hall–Kier alpha value is -2.09. The number of rotatable bonds is 5. The second-order valence-electron chi connectivity index (χ2n) is 5.62. The minimum atomic E-state index is -3.86. The van der Waals surface area contributed by atoms with E-state index in [-0.39, 0.29) is 11.4 Å². The van der Waals surface area contributed by atoms with Crippen LogP contribution in [0.3, 0.4) is 0 Å². The zero-order valence-electron chi connectivity index (χ0n) is 13.1. The number of ether oxygens (including phenoxy) is 1. The lowest BCUT2D eigenvalue weighted by molar-refractivity contribution is -0.140. The minimum absolute atomic E-state index is 0.0344. The normalized spacial score (nSPS) is 18.2. The van der Waals surface area contributed by atoms with Crippen LogP contribution in [0.4, 0.5) is 0 Å². The van der Waals surface area contributed by atoms with E-state index in [1.807, 2.05) is 0 Å². The minimum Gasteiger partial charge on any atom is -0.480 e. The average molecular weight is 382 g/mol. The Morgan fingerprint density at radius 2 is 1.84 bits per heavy atom. The highest BCUT2D eigenvalue weighted by atomic mass is 35.5. The van der Waals surface area contributed by atoms with Gasteiger partial charge < -0.3 is 9.84 Å². The second-order valence-corrected chi connectivity index (χ2v) is 7.91. The Labute approximate surface area is 150 Å². The van der Waals surface area contributed by atoms with Crippen molar-refractivity contribution in [2.45, 2.75) is 23.8 Å². The molecule has 1 aliphatic heterocycles. The lowest BCUT2D eigenvalue weighted by atomic mass is 10.2. The molecule has 25 heavy (non-hydrogen) atoms. The standard InChI is InChI=1S/C17H16ClNO5S/c18-14-4-1-2-6-16(14)24-12-7-9-13(10-8-12)25(22,23)19-11-3-5-15(19)17(20)21/h1-2,4,6-10,15H,3,5,11H2,(H,20,21)/t15-/m1/s1. The van der Waals surface area contributed by atoms with Crippen molar-refractivity contribution in [1.82, 2.24) is 4.31 Å². The molecule has 2 aromatic rings. The lowest BCUT2D eigenvalue weighted by Crippen LogP contribution is -2.40. The molecular formula is C17H16ClNO5S. The molecular weight excluding hydrogens is 366 g/mol. The highest BCUT2D eigenvalue weighted by molar-refractivity contribution is 7.89. The summed E-state index contributed by atoms with van der Waals surface area (Å²) in [7, 11) is -3.86. The van der Waals surface area contributed by atoms with Crippen LogP contribution in [-0.4, -0.2) is 36.4 Å². The molecule has 0 radical (unpaired) electrons. The number of halogens is 1. The topological polar surface area (TPSA) is 83.9 Å². The van der Waals surface area contributed by atoms with Crippen molar-refractivity contribution < 1.29 is 23.1 Å². The van der Waals surface area contributed by atoms with Crippen LogP contribution in [0.15, 0.2) is 53.4 Å². The van der Waals surface area contributed by atoms with Gasteiger partial charge in [0.1, 0.15) is 17.5 Å². The fourth-order valence-electron chi connectivity index (χ4n) is 2.74. The second kappa shape index (κ2) is 7.03. The fraction of sp³-hybridized carbons (Fsp3) is 0.235. The van der Waals surface area contributed by atoms with Crippen molar-refractivity contribution in [3.05, 3.63) is 53.6 Å². The molecule has 0 bridgehead atoms. The van der Waals surface area contributed by atoms with E-state index in [1.165, 1.54) is 24.3 Å². The first-order valence-electron chi connectivity index (χ1n) is 7.67. The number of benzene rings is 2. The molecule has 1 N–H and O–H groups in total. The summed E-state index contributed by atoms with van der Waals surface area (Å²) in [6.07, 6.45) is 0.853. The van der Waals surface area contributed by atoms with Gasteiger partial charge in [-0.1, -0.05) is 23.7 Å². The van der Waals surface area contributed by atoms with Gasteiger partial charge in [0.25, 0.3) is 0 Å². The van der Waals surface area contributed by atoms with Gasteiger partial charge in [-0.05, 0) is 49.2 Å². The first-order chi connectivity index (χ1) is 11.9. The maximum Gasteiger partial charge on any atom is 0.322 e. The van der Waals surface area contributed by atoms with Gasteiger partial charge in [-0.25, -0.2) is 8.42 Å². The Bertz CT molecular complexity index is 882. The van der Waals surface area contributed by atoms with Crippen molar-refractivity contribution in [2.24, 2.45) is 0 Å². The zero-order valence-corrected chi connectivity index (χ0v) is 14.7. The molecule has 0 unspecified atom stereocenters. The molecule has 6 nitrogen and oxygen atoms in total. The summed E-state index contributed by atoms with van der Waals surface area (Å²) in [6, 6.07) is 11.8. The van der Waals surface area contributed by atoms with Gasteiger partial charge in [0.15, 0.2) is 0 Å². The third-order valence-corrected chi connectivity index (χ3v) is 6.22. The van der Waals surface area contributed by atoms with Gasteiger partial charge in [-0.15, -0.1) is 0 Å². The molecule has 1 saturated heterocycles. The molecule has 132 valence electrons. The molecule has 0 saturated carbocycles. The molecule has 0 amide bonds. The number of para-hydroxylation sites is 1. The molecule has 8 heteroatoms. The summed E-state index contributed by atoms with van der Waals surface area (Å²) in [5, 5.41) is 9.63. The van der Waals surface area contributed by atoms with Gasteiger partial charge in [-0.2, -0.15) is 4.31 Å². The highest BCUT2D eigenvalue weighted by Crippen LogP contribution is 2.31. The van der Waals surface area contributed by atoms with Crippen LogP contribution >= 0.6 is 11.6 Å². The van der Waals surface area contributed by atoms with E-state index in [0.29, 0.717) is 29.4 Å². The van der Waals surface area contributed by atoms with Crippen molar-refractivity contribution in [2.75, 3.05) is 6.54 Å². The molecule has 0 aromatic heterocycles. The largest absolute Gasteiger partial charge is 0.480 e. The molecule has 1 aliphatic rings. The molecule has 2 aromatic carbocycles. The monoisotopic (exact) mass is 381 g/mol. The van der Waals surface area contributed by atoms with Crippen LogP contribution in [-0.2, 0) is 14.8 Å². The summed E-state index contributed by atoms with van der Waals surface area (Å²) in [6.45, 7) is 0.206. The maximum absolute atomic E-state index is 12.7. The van der Waals surface area contributed by atoms with Gasteiger partial charge in [0, 0.05) is 6.54 Å². The third-order valence-electron chi connectivity index (χ3n) is 3.98. The van der Waals surface area contributed by atoms with Crippen LogP contribution in [0.25, 0.3) is 0 Å². The summed E-state index contributed by atoms with van der Waals surface area (Å²) in [5.41, 5.74) is 0. The summed E-state index contributed by atoms with van der Waals surface area (Å²) < 4.78 is 32.0. The van der Waals surface area contributed by atoms with Gasteiger partial charge in [0.2, 0.25) is 10.0 Å². The Balaban J connectivity index is 1.82. The van der Waals surface area contributed by atoms with Crippen molar-refractivity contribution in [1.29, 1.82) is 0 Å². The van der Waals surface area contributed by atoms with E-state index in [4.69, 9.17) is 16.3 Å². The quantitative estimate of drug-likeness (QED) is 0.858. The number of hydrogen-bond acceptors (Lipinski definition) is 4. The van der Waals surface area contributed by atoms with E-state index in [0.717, 1.165) is 4.31 Å². The van der Waals surface area contributed by atoms with E-state index in [9.17, 15) is 18.3 Å². The van der Waals surface area contributed by atoms with Crippen LogP contribution in [0.1, 0.15) is 12.8 Å². The maximum atomic E-state index is 12.7. The molecule has 0 aliphatic carbocycles. The number of carboxylic acid groups (broad SMARTS) is 1. The molecule has 1 heterocycles. The first-order valence-corrected chi connectivity index (χ1v) is 9.48. The smallest absolute Gasteiger partial charge is 0.322 e. The highest BCUT2D eigenvalue weighted by Gasteiger charge is 2.39. The summed E-state index contributed by atoms with van der Waals surface area (Å²) in [4.78, 5) is 11.3. The van der Waals surface area contributed by atoms with E-state index in [2.05, 4.69) is 0 Å². The van der Waals surface area contributed by atoms with E-state index in [1.54, 1.807) is 24.3 Å². The lowest BCUT2D eigenvalue weighted by Gasteiger charge is -2.21. The van der Waals surface area contributed by atoms with Crippen molar-refractivity contribution >= 4 is 27.6 Å². The molecule has 3 rings (SSSR count). The molecule has 0 spiro atoms. The summed E-state index contributed by atoms with van der Waals surface area (Å²) in [5.74, 6) is -0.228. The van der Waals surface area contributed by atoms with Gasteiger partial charge in [-0.3, -0.25) is 4.79 Å². The third kappa shape index (κ3) is 3.63.